The molecule has 1 heterocycles. The number of aryl methyl sites for hydroxylation is 2. The van der Waals surface area contributed by atoms with E-state index in [4.69, 9.17) is 0 Å². The molecule has 108 valence electrons. The number of benzene rings is 1. The number of H-pyrrole nitrogens is 1. The van der Waals surface area contributed by atoms with Gasteiger partial charge in [0.25, 0.3) is 0 Å². The van der Waals surface area contributed by atoms with Crippen LogP contribution in [0.15, 0.2) is 29.4 Å². The van der Waals surface area contributed by atoms with Gasteiger partial charge in [-0.1, -0.05) is 43.0 Å². The quantitative estimate of drug-likeness (QED) is 0.769. The van der Waals surface area contributed by atoms with Gasteiger partial charge in [0.15, 0.2) is 0 Å². The monoisotopic (exact) mass is 290 g/mol. The second-order valence-corrected chi connectivity index (χ2v) is 5.86. The average Bonchev–Trinajstić information content (AvgIpc) is 2.86. The van der Waals surface area contributed by atoms with Crippen molar-refractivity contribution in [3.05, 3.63) is 41.2 Å². The van der Waals surface area contributed by atoms with E-state index in [0.29, 0.717) is 6.04 Å². The van der Waals surface area contributed by atoms with Crippen molar-refractivity contribution in [2.75, 3.05) is 12.3 Å². The van der Waals surface area contributed by atoms with E-state index in [0.717, 1.165) is 29.7 Å². The molecule has 0 saturated carbocycles. The first-order chi connectivity index (χ1) is 9.70. The predicted octanol–water partition coefficient (Wildman–Crippen LogP) is 3.25. The molecule has 1 aromatic carbocycles. The number of nitrogens with one attached hydrogen (secondary N) is 2. The van der Waals surface area contributed by atoms with Gasteiger partial charge in [0.2, 0.25) is 5.16 Å². The van der Waals surface area contributed by atoms with E-state index in [9.17, 15) is 0 Å². The van der Waals surface area contributed by atoms with Crippen molar-refractivity contribution >= 4 is 11.8 Å². The second kappa shape index (κ2) is 7.45. The first-order valence-electron chi connectivity index (χ1n) is 7.01. The maximum atomic E-state index is 4.35. The molecule has 0 aliphatic heterocycles. The topological polar surface area (TPSA) is 53.6 Å². The number of hydrogen-bond donors (Lipinski definition) is 2. The van der Waals surface area contributed by atoms with E-state index >= 15 is 0 Å². The molecule has 2 aromatic rings. The molecule has 1 atom stereocenters. The summed E-state index contributed by atoms with van der Waals surface area (Å²) in [5, 5.41) is 11.5. The zero-order valence-corrected chi connectivity index (χ0v) is 13.1. The third-order valence-electron chi connectivity index (χ3n) is 3.16. The molecule has 4 nitrogen and oxygen atoms in total. The normalized spacial score (nSPS) is 12.6. The van der Waals surface area contributed by atoms with Crippen molar-refractivity contribution in [3.8, 4) is 0 Å². The fourth-order valence-electron chi connectivity index (χ4n) is 2.10. The minimum atomic E-state index is 0.333. The van der Waals surface area contributed by atoms with Crippen molar-refractivity contribution in [2.45, 2.75) is 38.4 Å². The molecule has 0 fully saturated rings. The standard InChI is InChI=1S/C15H22N4S/c1-4-9-16-14(13-8-6-5-7-11(13)2)10-20-15-17-12(3)18-19-15/h5-8,14,16H,4,9-10H2,1-3H3,(H,17,18,19). The predicted molar refractivity (Wildman–Crippen MR) is 84.1 cm³/mol. The Morgan fingerprint density at radius 2 is 2.10 bits per heavy atom. The van der Waals surface area contributed by atoms with Crippen molar-refractivity contribution in [1.82, 2.24) is 20.5 Å². The highest BCUT2D eigenvalue weighted by atomic mass is 32.2. The van der Waals surface area contributed by atoms with Crippen LogP contribution in [-0.2, 0) is 0 Å². The van der Waals surface area contributed by atoms with Crippen LogP contribution in [0.1, 0.15) is 36.3 Å². The van der Waals surface area contributed by atoms with Gasteiger partial charge in [0.1, 0.15) is 5.82 Å². The zero-order valence-electron chi connectivity index (χ0n) is 12.3. The van der Waals surface area contributed by atoms with Crippen LogP contribution in [0.5, 0.6) is 0 Å². The van der Waals surface area contributed by atoms with Gasteiger partial charge in [-0.05, 0) is 37.9 Å². The lowest BCUT2D eigenvalue weighted by Crippen LogP contribution is -2.24. The molecule has 0 aliphatic carbocycles. The van der Waals surface area contributed by atoms with Gasteiger partial charge in [-0.2, -0.15) is 0 Å². The fourth-order valence-corrected chi connectivity index (χ4v) is 3.02. The molecule has 2 N–H and O–H groups in total. The van der Waals surface area contributed by atoms with E-state index < -0.39 is 0 Å². The summed E-state index contributed by atoms with van der Waals surface area (Å²) in [6, 6.07) is 8.88. The van der Waals surface area contributed by atoms with Crippen LogP contribution in [0.3, 0.4) is 0 Å². The summed E-state index contributed by atoms with van der Waals surface area (Å²) in [5.41, 5.74) is 2.69. The summed E-state index contributed by atoms with van der Waals surface area (Å²) < 4.78 is 0. The lowest BCUT2D eigenvalue weighted by atomic mass is 10.0. The minimum absolute atomic E-state index is 0.333. The van der Waals surface area contributed by atoms with Crippen LogP contribution in [0.2, 0.25) is 0 Å². The molecule has 0 amide bonds. The van der Waals surface area contributed by atoms with Crippen molar-refractivity contribution < 1.29 is 0 Å². The van der Waals surface area contributed by atoms with E-state index in [2.05, 4.69) is 58.6 Å². The Morgan fingerprint density at radius 1 is 1.30 bits per heavy atom. The molecule has 1 aromatic heterocycles. The molecular weight excluding hydrogens is 268 g/mol. The van der Waals surface area contributed by atoms with Crippen LogP contribution >= 0.6 is 11.8 Å². The summed E-state index contributed by atoms with van der Waals surface area (Å²) in [6.45, 7) is 7.29. The molecule has 5 heteroatoms. The van der Waals surface area contributed by atoms with Crippen LogP contribution < -0.4 is 5.32 Å². The van der Waals surface area contributed by atoms with Gasteiger partial charge >= 0.3 is 0 Å². The molecule has 0 spiro atoms. The van der Waals surface area contributed by atoms with Gasteiger partial charge in [0.05, 0.1) is 0 Å². The molecule has 0 saturated heterocycles. The van der Waals surface area contributed by atoms with Gasteiger partial charge in [-0.25, -0.2) is 4.98 Å². The summed E-state index contributed by atoms with van der Waals surface area (Å²) in [6.07, 6.45) is 1.13. The zero-order chi connectivity index (χ0) is 14.4. The van der Waals surface area contributed by atoms with E-state index in [1.807, 2.05) is 6.92 Å². The van der Waals surface area contributed by atoms with Crippen molar-refractivity contribution in [3.63, 3.8) is 0 Å². The Balaban J connectivity index is 2.05. The summed E-state index contributed by atoms with van der Waals surface area (Å²) in [4.78, 5) is 4.35. The number of nitrogens with zero attached hydrogens (tertiary/aromatic N) is 2. The van der Waals surface area contributed by atoms with E-state index in [1.54, 1.807) is 11.8 Å². The molecule has 0 aliphatic rings. The fraction of sp³-hybridized carbons (Fsp3) is 0.467. The summed E-state index contributed by atoms with van der Waals surface area (Å²) >= 11 is 1.69. The largest absolute Gasteiger partial charge is 0.309 e. The highest BCUT2D eigenvalue weighted by molar-refractivity contribution is 7.99. The average molecular weight is 290 g/mol. The van der Waals surface area contributed by atoms with Gasteiger partial charge in [-0.3, -0.25) is 5.10 Å². The van der Waals surface area contributed by atoms with Crippen LogP contribution in [0.25, 0.3) is 0 Å². The van der Waals surface area contributed by atoms with Crippen molar-refractivity contribution in [1.29, 1.82) is 0 Å². The molecule has 20 heavy (non-hydrogen) atoms. The highest BCUT2D eigenvalue weighted by Crippen LogP contribution is 2.24. The first-order valence-corrected chi connectivity index (χ1v) is 8.00. The van der Waals surface area contributed by atoms with Gasteiger partial charge in [0, 0.05) is 11.8 Å². The molecule has 0 bridgehead atoms. The van der Waals surface area contributed by atoms with E-state index in [-0.39, 0.29) is 0 Å². The van der Waals surface area contributed by atoms with Crippen LogP contribution in [0, 0.1) is 13.8 Å². The maximum absolute atomic E-state index is 4.35. The number of thioether (sulfide) groups is 1. The third kappa shape index (κ3) is 4.08. The van der Waals surface area contributed by atoms with Crippen LogP contribution in [0.4, 0.5) is 0 Å². The third-order valence-corrected chi connectivity index (χ3v) is 4.10. The number of aromatic nitrogens is 3. The smallest absolute Gasteiger partial charge is 0.208 e. The Kier molecular flexibility index (Phi) is 5.61. The number of aromatic amines is 1. The summed E-state index contributed by atoms with van der Waals surface area (Å²) in [5.74, 6) is 1.80. The van der Waals surface area contributed by atoms with Gasteiger partial charge in [-0.15, -0.1) is 5.10 Å². The Bertz CT molecular complexity index is 538. The van der Waals surface area contributed by atoms with Crippen LogP contribution in [-0.4, -0.2) is 27.5 Å². The lowest BCUT2D eigenvalue weighted by Gasteiger charge is -2.20. The lowest BCUT2D eigenvalue weighted by molar-refractivity contribution is 0.575. The summed E-state index contributed by atoms with van der Waals surface area (Å²) in [7, 11) is 0. The Morgan fingerprint density at radius 3 is 2.75 bits per heavy atom. The first kappa shape index (κ1) is 15.1. The van der Waals surface area contributed by atoms with Crippen molar-refractivity contribution in [2.24, 2.45) is 0 Å². The molecule has 2 rings (SSSR count). The SMILES string of the molecule is CCCNC(CSc1n[nH]c(C)n1)c1ccccc1C. The number of hydrogen-bond acceptors (Lipinski definition) is 4. The molecule has 0 radical (unpaired) electrons. The highest BCUT2D eigenvalue weighted by Gasteiger charge is 2.14. The maximum Gasteiger partial charge on any atom is 0.208 e. The molecular formula is C15H22N4S. The molecule has 1 unspecified atom stereocenters. The Labute approximate surface area is 124 Å². The van der Waals surface area contributed by atoms with E-state index in [1.165, 1.54) is 11.1 Å². The number of rotatable bonds is 7. The minimum Gasteiger partial charge on any atom is -0.309 e. The van der Waals surface area contributed by atoms with Gasteiger partial charge < -0.3 is 5.32 Å². The Hall–Kier alpha value is -1.33. The second-order valence-electron chi connectivity index (χ2n) is 4.88.